The van der Waals surface area contributed by atoms with Gasteiger partial charge in [0.2, 0.25) is 0 Å². The molecule has 0 fully saturated rings. The standard InChI is InChI=1S/C17H19NO3S/c1-5-21-16(20)14-9(2)10-6-11-12(18-15(10)22-14)7-17(3,4)8-13(11)19/h6H,5,7-8H2,1-4H3. The van der Waals surface area contributed by atoms with Crippen LogP contribution in [0.15, 0.2) is 6.07 Å². The summed E-state index contributed by atoms with van der Waals surface area (Å²) in [5.74, 6) is -0.170. The van der Waals surface area contributed by atoms with Gasteiger partial charge in [-0.25, -0.2) is 9.78 Å². The van der Waals surface area contributed by atoms with E-state index in [2.05, 4.69) is 18.8 Å². The molecule has 3 rings (SSSR count). The number of ketones is 1. The SMILES string of the molecule is CCOC(=O)c1sc2nc3c(cc2c1C)C(=O)CC(C)(C)C3. The van der Waals surface area contributed by atoms with E-state index in [1.54, 1.807) is 6.92 Å². The number of carbonyl (C=O) groups excluding carboxylic acids is 2. The number of hydrogen-bond donors (Lipinski definition) is 0. The topological polar surface area (TPSA) is 56.3 Å². The van der Waals surface area contributed by atoms with E-state index in [1.165, 1.54) is 11.3 Å². The number of hydrogen-bond acceptors (Lipinski definition) is 5. The molecule has 0 atom stereocenters. The fourth-order valence-electron chi connectivity index (χ4n) is 2.99. The summed E-state index contributed by atoms with van der Waals surface area (Å²) in [5, 5.41) is 0.889. The van der Waals surface area contributed by atoms with Crippen molar-refractivity contribution in [1.82, 2.24) is 4.98 Å². The first kappa shape index (κ1) is 15.2. The summed E-state index contributed by atoms with van der Waals surface area (Å²) in [4.78, 5) is 30.5. The van der Waals surface area contributed by atoms with Crippen molar-refractivity contribution >= 4 is 33.3 Å². The van der Waals surface area contributed by atoms with Crippen LogP contribution in [0.3, 0.4) is 0 Å². The van der Waals surface area contributed by atoms with Crippen LogP contribution in [0, 0.1) is 12.3 Å². The number of aryl methyl sites for hydroxylation is 1. The number of fused-ring (bicyclic) bond motifs is 2. The van der Waals surface area contributed by atoms with Crippen molar-refractivity contribution in [3.63, 3.8) is 0 Å². The molecule has 0 N–H and O–H groups in total. The third-order valence-electron chi connectivity index (χ3n) is 4.06. The van der Waals surface area contributed by atoms with E-state index >= 15 is 0 Å². The minimum Gasteiger partial charge on any atom is -0.462 e. The molecule has 22 heavy (non-hydrogen) atoms. The summed E-state index contributed by atoms with van der Waals surface area (Å²) in [5.41, 5.74) is 2.36. The zero-order valence-corrected chi connectivity index (χ0v) is 14.1. The fourth-order valence-corrected chi connectivity index (χ4v) is 4.06. The fraction of sp³-hybridized carbons (Fsp3) is 0.471. The largest absolute Gasteiger partial charge is 0.462 e. The van der Waals surface area contributed by atoms with Crippen molar-refractivity contribution in [2.24, 2.45) is 5.41 Å². The number of carbonyl (C=O) groups is 2. The van der Waals surface area contributed by atoms with Gasteiger partial charge in [-0.2, -0.15) is 0 Å². The zero-order valence-electron chi connectivity index (χ0n) is 13.3. The Labute approximate surface area is 133 Å². The Morgan fingerprint density at radius 3 is 2.82 bits per heavy atom. The summed E-state index contributed by atoms with van der Waals surface area (Å²) >= 11 is 1.35. The highest BCUT2D eigenvalue weighted by molar-refractivity contribution is 7.20. The maximum Gasteiger partial charge on any atom is 0.348 e. The van der Waals surface area contributed by atoms with Gasteiger partial charge < -0.3 is 4.74 Å². The molecule has 0 unspecified atom stereocenters. The van der Waals surface area contributed by atoms with Gasteiger partial charge >= 0.3 is 5.97 Å². The average Bonchev–Trinajstić information content (AvgIpc) is 2.73. The average molecular weight is 317 g/mol. The number of aromatic nitrogens is 1. The normalized spacial score (nSPS) is 16.6. The summed E-state index contributed by atoms with van der Waals surface area (Å²) in [7, 11) is 0. The molecule has 0 radical (unpaired) electrons. The highest BCUT2D eigenvalue weighted by Crippen LogP contribution is 2.38. The first-order valence-electron chi connectivity index (χ1n) is 7.46. The zero-order chi connectivity index (χ0) is 16.1. The summed E-state index contributed by atoms with van der Waals surface area (Å²) in [6.45, 7) is 8.20. The van der Waals surface area contributed by atoms with Crippen molar-refractivity contribution in [2.75, 3.05) is 6.61 Å². The van der Waals surface area contributed by atoms with Crippen LogP contribution in [0.4, 0.5) is 0 Å². The van der Waals surface area contributed by atoms with Crippen LogP contribution in [0.1, 0.15) is 58.5 Å². The van der Waals surface area contributed by atoms with Gasteiger partial charge in [0.25, 0.3) is 0 Å². The highest BCUT2D eigenvalue weighted by atomic mass is 32.1. The summed E-state index contributed by atoms with van der Waals surface area (Å²) in [6, 6.07) is 1.91. The molecule has 0 aromatic carbocycles. The second-order valence-electron chi connectivity index (χ2n) is 6.55. The minimum atomic E-state index is -0.312. The number of thiophene rings is 1. The molecule has 0 spiro atoms. The van der Waals surface area contributed by atoms with Gasteiger partial charge in [0.05, 0.1) is 12.3 Å². The molecular formula is C17H19NO3S. The van der Waals surface area contributed by atoms with Crippen molar-refractivity contribution in [3.8, 4) is 0 Å². The van der Waals surface area contributed by atoms with Gasteiger partial charge in [0, 0.05) is 17.4 Å². The van der Waals surface area contributed by atoms with E-state index in [0.29, 0.717) is 23.5 Å². The van der Waals surface area contributed by atoms with Crippen LogP contribution in [0.5, 0.6) is 0 Å². The molecule has 1 aliphatic rings. The maximum atomic E-state index is 12.4. The molecule has 2 heterocycles. The summed E-state index contributed by atoms with van der Waals surface area (Å²) < 4.78 is 5.09. The van der Waals surface area contributed by atoms with Gasteiger partial charge in [0.1, 0.15) is 9.71 Å². The van der Waals surface area contributed by atoms with Crippen LogP contribution in [-0.2, 0) is 11.2 Å². The number of rotatable bonds is 2. The van der Waals surface area contributed by atoms with Gasteiger partial charge in [-0.1, -0.05) is 13.8 Å². The van der Waals surface area contributed by atoms with Gasteiger partial charge in [-0.05, 0) is 37.3 Å². The molecule has 4 nitrogen and oxygen atoms in total. The molecule has 1 aliphatic carbocycles. The van der Waals surface area contributed by atoms with Crippen LogP contribution in [0.25, 0.3) is 10.2 Å². The lowest BCUT2D eigenvalue weighted by atomic mass is 9.75. The molecule has 0 amide bonds. The van der Waals surface area contributed by atoms with Crippen molar-refractivity contribution in [3.05, 3.63) is 27.8 Å². The Kier molecular flexibility index (Phi) is 3.56. The monoisotopic (exact) mass is 317 g/mol. The number of nitrogens with zero attached hydrogens (tertiary/aromatic N) is 1. The van der Waals surface area contributed by atoms with E-state index in [4.69, 9.17) is 4.74 Å². The van der Waals surface area contributed by atoms with E-state index in [1.807, 2.05) is 13.0 Å². The van der Waals surface area contributed by atoms with E-state index in [0.717, 1.165) is 27.9 Å². The predicted octanol–water partition coefficient (Wildman–Crippen LogP) is 3.94. The molecule has 2 aromatic rings. The van der Waals surface area contributed by atoms with Crippen LogP contribution in [0.2, 0.25) is 0 Å². The molecule has 2 aromatic heterocycles. The van der Waals surface area contributed by atoms with Crippen molar-refractivity contribution in [2.45, 2.75) is 40.5 Å². The second kappa shape index (κ2) is 5.16. The molecule has 0 aliphatic heterocycles. The van der Waals surface area contributed by atoms with Crippen molar-refractivity contribution < 1.29 is 14.3 Å². The Hall–Kier alpha value is -1.75. The number of esters is 1. The third kappa shape index (κ3) is 2.43. The van der Waals surface area contributed by atoms with Gasteiger partial charge in [-0.3, -0.25) is 4.79 Å². The molecule has 5 heteroatoms. The van der Waals surface area contributed by atoms with E-state index < -0.39 is 0 Å². The number of Topliss-reactive ketones (excluding diaryl/α,β-unsaturated/α-hetero) is 1. The Morgan fingerprint density at radius 1 is 1.41 bits per heavy atom. The molecule has 0 saturated carbocycles. The first-order valence-corrected chi connectivity index (χ1v) is 8.27. The lowest BCUT2D eigenvalue weighted by molar-refractivity contribution is 0.0531. The maximum absolute atomic E-state index is 12.4. The smallest absolute Gasteiger partial charge is 0.348 e. The highest BCUT2D eigenvalue weighted by Gasteiger charge is 2.33. The Balaban J connectivity index is 2.16. The molecule has 116 valence electrons. The van der Waals surface area contributed by atoms with Gasteiger partial charge in [0.15, 0.2) is 5.78 Å². The van der Waals surface area contributed by atoms with Crippen LogP contribution < -0.4 is 0 Å². The Bertz CT molecular complexity index is 789. The van der Waals surface area contributed by atoms with Crippen LogP contribution >= 0.6 is 11.3 Å². The quantitative estimate of drug-likeness (QED) is 0.787. The number of pyridine rings is 1. The molecule has 0 saturated heterocycles. The van der Waals surface area contributed by atoms with Gasteiger partial charge in [-0.15, -0.1) is 11.3 Å². The lowest BCUT2D eigenvalue weighted by Gasteiger charge is -2.29. The first-order chi connectivity index (χ1) is 10.3. The van der Waals surface area contributed by atoms with E-state index in [-0.39, 0.29) is 17.2 Å². The van der Waals surface area contributed by atoms with Crippen LogP contribution in [-0.4, -0.2) is 23.3 Å². The number of ether oxygens (including phenoxy) is 1. The van der Waals surface area contributed by atoms with Crippen molar-refractivity contribution in [1.29, 1.82) is 0 Å². The predicted molar refractivity (Wildman–Crippen MR) is 86.7 cm³/mol. The minimum absolute atomic E-state index is 0.0545. The summed E-state index contributed by atoms with van der Waals surface area (Å²) in [6.07, 6.45) is 1.33. The third-order valence-corrected chi connectivity index (χ3v) is 5.24. The molecular weight excluding hydrogens is 298 g/mol. The second-order valence-corrected chi connectivity index (χ2v) is 7.55. The molecule has 0 bridgehead atoms. The lowest BCUT2D eigenvalue weighted by Crippen LogP contribution is -2.27. The van der Waals surface area contributed by atoms with E-state index in [9.17, 15) is 9.59 Å². The Morgan fingerprint density at radius 2 is 2.14 bits per heavy atom.